The Labute approximate surface area is 187 Å². The Morgan fingerprint density at radius 1 is 0.931 bits per heavy atom. The zero-order valence-electron chi connectivity index (χ0n) is 15.6. The maximum absolute atomic E-state index is 13.9. The van der Waals surface area contributed by atoms with E-state index in [2.05, 4.69) is 21.2 Å². The van der Waals surface area contributed by atoms with Crippen molar-refractivity contribution in [3.05, 3.63) is 86.1 Å². The van der Waals surface area contributed by atoms with Crippen molar-refractivity contribution in [3.63, 3.8) is 0 Å². The van der Waals surface area contributed by atoms with Gasteiger partial charge in [-0.25, -0.2) is 4.39 Å². The average Bonchev–Trinajstić information content (AvgIpc) is 2.70. The predicted octanol–water partition coefficient (Wildman–Crippen LogP) is 7.48. The monoisotopic (exact) mass is 497 g/mol. The van der Waals surface area contributed by atoms with E-state index in [9.17, 15) is 4.39 Å². The molecule has 3 rings (SSSR count). The lowest BCUT2D eigenvalue weighted by atomic mass is 10.2. The van der Waals surface area contributed by atoms with Crippen LogP contribution in [0.25, 0.3) is 0 Å². The Balaban J connectivity index is 1.76. The highest BCUT2D eigenvalue weighted by molar-refractivity contribution is 9.10. The quantitative estimate of drug-likeness (QED) is 0.349. The van der Waals surface area contributed by atoms with Crippen molar-refractivity contribution in [1.29, 1.82) is 0 Å². The van der Waals surface area contributed by atoms with Crippen molar-refractivity contribution >= 4 is 44.8 Å². The van der Waals surface area contributed by atoms with Crippen molar-refractivity contribution in [2.45, 2.75) is 20.1 Å². The minimum Gasteiger partial charge on any atom is -0.490 e. The second-order valence-corrected chi connectivity index (χ2v) is 7.85. The van der Waals surface area contributed by atoms with Crippen LogP contribution in [0.1, 0.15) is 18.1 Å². The molecule has 0 saturated heterocycles. The van der Waals surface area contributed by atoms with Gasteiger partial charge in [0.25, 0.3) is 0 Å². The minimum absolute atomic E-state index is 0.111. The van der Waals surface area contributed by atoms with Crippen LogP contribution in [0.5, 0.6) is 11.5 Å². The first-order valence-corrected chi connectivity index (χ1v) is 10.5. The highest BCUT2D eigenvalue weighted by atomic mass is 79.9. The number of benzene rings is 3. The Kier molecular flexibility index (Phi) is 7.64. The molecule has 0 radical (unpaired) electrons. The summed E-state index contributed by atoms with van der Waals surface area (Å²) < 4.78 is 26.3. The van der Waals surface area contributed by atoms with Crippen LogP contribution in [0.3, 0.4) is 0 Å². The third-order valence-electron chi connectivity index (χ3n) is 4.16. The van der Waals surface area contributed by atoms with Gasteiger partial charge in [0.2, 0.25) is 0 Å². The Morgan fingerprint density at radius 3 is 2.41 bits per heavy atom. The molecule has 0 unspecified atom stereocenters. The smallest absolute Gasteiger partial charge is 0.162 e. The van der Waals surface area contributed by atoms with E-state index in [1.807, 2.05) is 25.1 Å². The van der Waals surface area contributed by atoms with Gasteiger partial charge in [-0.05, 0) is 48.9 Å². The molecule has 29 heavy (non-hydrogen) atoms. The number of nitrogens with one attached hydrogen (secondary N) is 1. The minimum atomic E-state index is -0.299. The molecule has 1 N–H and O–H groups in total. The number of hydrogen-bond acceptors (Lipinski definition) is 3. The largest absolute Gasteiger partial charge is 0.490 e. The van der Waals surface area contributed by atoms with Crippen LogP contribution in [0, 0.1) is 5.82 Å². The molecular formula is C22H19BrCl2FNO2. The summed E-state index contributed by atoms with van der Waals surface area (Å²) in [5, 5.41) is 4.30. The van der Waals surface area contributed by atoms with E-state index in [0.717, 1.165) is 15.7 Å². The molecule has 3 aromatic rings. The van der Waals surface area contributed by atoms with Gasteiger partial charge in [-0.15, -0.1) is 0 Å². The van der Waals surface area contributed by atoms with Gasteiger partial charge in [-0.1, -0.05) is 57.3 Å². The zero-order chi connectivity index (χ0) is 20.8. The van der Waals surface area contributed by atoms with Crippen LogP contribution in [-0.4, -0.2) is 6.61 Å². The lowest BCUT2D eigenvalue weighted by molar-refractivity contribution is 0.265. The Hall–Kier alpha value is -1.95. The maximum Gasteiger partial charge on any atom is 0.162 e. The summed E-state index contributed by atoms with van der Waals surface area (Å²) in [7, 11) is 0. The van der Waals surface area contributed by atoms with Gasteiger partial charge in [0.15, 0.2) is 11.5 Å². The first-order valence-electron chi connectivity index (χ1n) is 8.98. The van der Waals surface area contributed by atoms with E-state index in [1.54, 1.807) is 30.3 Å². The highest BCUT2D eigenvalue weighted by Crippen LogP contribution is 2.35. The van der Waals surface area contributed by atoms with Crippen LogP contribution in [0.2, 0.25) is 10.0 Å². The highest BCUT2D eigenvalue weighted by Gasteiger charge is 2.12. The molecule has 0 saturated carbocycles. The van der Waals surface area contributed by atoms with Crippen LogP contribution in [0.4, 0.5) is 10.1 Å². The van der Waals surface area contributed by atoms with Gasteiger partial charge in [0, 0.05) is 22.3 Å². The number of ether oxygens (including phenoxy) is 2. The molecule has 0 amide bonds. The summed E-state index contributed by atoms with van der Waals surface area (Å²) in [6.45, 7) is 3.03. The van der Waals surface area contributed by atoms with Crippen molar-refractivity contribution in [2.75, 3.05) is 11.9 Å². The molecule has 3 nitrogen and oxygen atoms in total. The predicted molar refractivity (Wildman–Crippen MR) is 120 cm³/mol. The van der Waals surface area contributed by atoms with Crippen LogP contribution in [-0.2, 0) is 13.2 Å². The zero-order valence-corrected chi connectivity index (χ0v) is 18.7. The van der Waals surface area contributed by atoms with E-state index < -0.39 is 0 Å². The standard InChI is InChI=1S/C22H19BrCl2FNO2/c1-2-28-21-9-15(12-27-16-7-8-18(24)19(25)10-16)17(23)11-22(21)29-13-14-5-3-4-6-20(14)26/h3-11,27H,2,12-13H2,1H3. The summed E-state index contributed by atoms with van der Waals surface area (Å²) in [6, 6.07) is 15.6. The molecule has 0 spiro atoms. The molecule has 0 aromatic heterocycles. The Morgan fingerprint density at radius 2 is 1.69 bits per heavy atom. The van der Waals surface area contributed by atoms with Gasteiger partial charge in [-0.2, -0.15) is 0 Å². The lowest BCUT2D eigenvalue weighted by Gasteiger charge is -2.16. The van der Waals surface area contributed by atoms with E-state index in [-0.39, 0.29) is 12.4 Å². The fourth-order valence-corrected chi connectivity index (χ4v) is 3.43. The summed E-state index contributed by atoms with van der Waals surface area (Å²) >= 11 is 15.6. The molecule has 0 aliphatic rings. The summed E-state index contributed by atoms with van der Waals surface area (Å²) in [5.41, 5.74) is 2.30. The van der Waals surface area contributed by atoms with Crippen LogP contribution in [0.15, 0.2) is 59.1 Å². The van der Waals surface area contributed by atoms with Gasteiger partial charge < -0.3 is 14.8 Å². The first kappa shape index (κ1) is 21.8. The van der Waals surface area contributed by atoms with E-state index in [4.69, 9.17) is 32.7 Å². The molecule has 3 aromatic carbocycles. The maximum atomic E-state index is 13.9. The molecule has 0 atom stereocenters. The van der Waals surface area contributed by atoms with Gasteiger partial charge >= 0.3 is 0 Å². The third-order valence-corrected chi connectivity index (χ3v) is 5.63. The number of anilines is 1. The molecule has 0 aliphatic heterocycles. The number of halogens is 4. The van der Waals surface area contributed by atoms with Crippen molar-refractivity contribution in [3.8, 4) is 11.5 Å². The summed E-state index contributed by atoms with van der Waals surface area (Å²) in [6.07, 6.45) is 0. The Bertz CT molecular complexity index is 1000. The second kappa shape index (κ2) is 10.2. The van der Waals surface area contributed by atoms with Crippen molar-refractivity contribution < 1.29 is 13.9 Å². The fraction of sp³-hybridized carbons (Fsp3) is 0.182. The van der Waals surface area contributed by atoms with E-state index in [1.165, 1.54) is 6.07 Å². The molecule has 152 valence electrons. The molecule has 0 fully saturated rings. The second-order valence-electron chi connectivity index (χ2n) is 6.19. The van der Waals surface area contributed by atoms with E-state index in [0.29, 0.717) is 40.3 Å². The molecule has 0 aliphatic carbocycles. The normalized spacial score (nSPS) is 10.7. The number of rotatable bonds is 8. The van der Waals surface area contributed by atoms with Crippen molar-refractivity contribution in [2.24, 2.45) is 0 Å². The van der Waals surface area contributed by atoms with Gasteiger partial charge in [0.05, 0.1) is 16.7 Å². The van der Waals surface area contributed by atoms with Gasteiger partial charge in [-0.3, -0.25) is 0 Å². The average molecular weight is 499 g/mol. The van der Waals surface area contributed by atoms with Crippen LogP contribution >= 0.6 is 39.1 Å². The van der Waals surface area contributed by atoms with Crippen LogP contribution < -0.4 is 14.8 Å². The molecule has 0 heterocycles. The van der Waals surface area contributed by atoms with Crippen molar-refractivity contribution in [1.82, 2.24) is 0 Å². The number of hydrogen-bond donors (Lipinski definition) is 1. The fourth-order valence-electron chi connectivity index (χ4n) is 2.67. The lowest BCUT2D eigenvalue weighted by Crippen LogP contribution is -2.04. The van der Waals surface area contributed by atoms with E-state index >= 15 is 0 Å². The summed E-state index contributed by atoms with van der Waals surface area (Å²) in [5.74, 6) is 0.838. The SMILES string of the molecule is CCOc1cc(CNc2ccc(Cl)c(Cl)c2)c(Br)cc1OCc1ccccc1F. The molecule has 7 heteroatoms. The topological polar surface area (TPSA) is 30.5 Å². The molecule has 0 bridgehead atoms. The third kappa shape index (κ3) is 5.78. The summed E-state index contributed by atoms with van der Waals surface area (Å²) in [4.78, 5) is 0. The van der Waals surface area contributed by atoms with Gasteiger partial charge in [0.1, 0.15) is 12.4 Å². The first-order chi connectivity index (χ1) is 14.0. The molecular weight excluding hydrogens is 480 g/mol.